The van der Waals surface area contributed by atoms with Gasteiger partial charge in [0.1, 0.15) is 0 Å². The summed E-state index contributed by atoms with van der Waals surface area (Å²) in [5.41, 5.74) is 2.90. The van der Waals surface area contributed by atoms with Crippen LogP contribution >= 0.6 is 0 Å². The van der Waals surface area contributed by atoms with Crippen molar-refractivity contribution in [1.82, 2.24) is 0 Å². The number of aliphatic hydroxyl groups excluding tert-OH is 1. The third-order valence-electron chi connectivity index (χ3n) is 4.93. The van der Waals surface area contributed by atoms with E-state index in [1.165, 1.54) is 56.1 Å². The predicted molar refractivity (Wildman–Crippen MR) is 74.7 cm³/mol. The van der Waals surface area contributed by atoms with Crippen molar-refractivity contribution in [3.63, 3.8) is 0 Å². The Labute approximate surface area is 110 Å². The Kier molecular flexibility index (Phi) is 3.69. The third kappa shape index (κ3) is 2.47. The van der Waals surface area contributed by atoms with Crippen LogP contribution in [0, 0.1) is 5.92 Å². The van der Waals surface area contributed by atoms with Gasteiger partial charge in [-0.3, -0.25) is 0 Å². The van der Waals surface area contributed by atoms with Crippen LogP contribution in [-0.4, -0.2) is 11.2 Å². The molecule has 3 rings (SSSR count). The van der Waals surface area contributed by atoms with Crippen LogP contribution in [0.4, 0.5) is 0 Å². The molecule has 2 aliphatic carbocycles. The zero-order valence-electron chi connectivity index (χ0n) is 11.1. The largest absolute Gasteiger partial charge is 0.392 e. The van der Waals surface area contributed by atoms with Crippen LogP contribution in [0.2, 0.25) is 0 Å². The average molecular weight is 244 g/mol. The first-order valence-electron chi connectivity index (χ1n) is 7.60. The van der Waals surface area contributed by atoms with Crippen molar-refractivity contribution < 1.29 is 5.11 Å². The molecule has 1 nitrogen and oxygen atoms in total. The molecule has 1 heteroatoms. The van der Waals surface area contributed by atoms with Gasteiger partial charge in [-0.25, -0.2) is 0 Å². The number of aryl methyl sites for hydroxylation is 1. The van der Waals surface area contributed by atoms with Crippen molar-refractivity contribution in [3.8, 4) is 0 Å². The van der Waals surface area contributed by atoms with E-state index in [-0.39, 0.29) is 6.10 Å². The van der Waals surface area contributed by atoms with Gasteiger partial charge >= 0.3 is 0 Å². The Morgan fingerprint density at radius 3 is 2.67 bits per heavy atom. The summed E-state index contributed by atoms with van der Waals surface area (Å²) in [6.45, 7) is 0. The van der Waals surface area contributed by atoms with Gasteiger partial charge in [-0.05, 0) is 42.7 Å². The quantitative estimate of drug-likeness (QED) is 0.850. The standard InChI is InChI=1S/C17H24O/c18-17(12-13-6-1-2-7-13)16-11-5-9-14-8-3-4-10-15(14)16/h3-4,8,10,13,16-18H,1-2,5-7,9,11-12H2. The van der Waals surface area contributed by atoms with Gasteiger partial charge in [0.25, 0.3) is 0 Å². The second-order valence-corrected chi connectivity index (χ2v) is 6.15. The lowest BCUT2D eigenvalue weighted by Gasteiger charge is -2.30. The second-order valence-electron chi connectivity index (χ2n) is 6.15. The van der Waals surface area contributed by atoms with E-state index in [1.54, 1.807) is 0 Å². The molecule has 0 amide bonds. The summed E-state index contributed by atoms with van der Waals surface area (Å²) in [6, 6.07) is 8.73. The number of aliphatic hydroxyl groups is 1. The predicted octanol–water partition coefficient (Wildman–Crippen LogP) is 4.05. The maximum absolute atomic E-state index is 10.6. The Morgan fingerprint density at radius 1 is 1.06 bits per heavy atom. The van der Waals surface area contributed by atoms with E-state index < -0.39 is 0 Å². The van der Waals surface area contributed by atoms with E-state index in [2.05, 4.69) is 24.3 Å². The summed E-state index contributed by atoms with van der Waals surface area (Å²) in [4.78, 5) is 0. The molecular formula is C17H24O. The maximum atomic E-state index is 10.6. The lowest BCUT2D eigenvalue weighted by atomic mass is 9.77. The first kappa shape index (κ1) is 12.2. The van der Waals surface area contributed by atoms with Gasteiger partial charge in [-0.15, -0.1) is 0 Å². The fourth-order valence-corrected chi connectivity index (χ4v) is 3.94. The number of hydrogen-bond acceptors (Lipinski definition) is 1. The summed E-state index contributed by atoms with van der Waals surface area (Å²) in [5, 5.41) is 10.6. The summed E-state index contributed by atoms with van der Waals surface area (Å²) < 4.78 is 0. The van der Waals surface area contributed by atoms with Crippen LogP contribution in [0.1, 0.15) is 62.0 Å². The van der Waals surface area contributed by atoms with Gasteiger partial charge in [0.05, 0.1) is 6.10 Å². The van der Waals surface area contributed by atoms with Crippen molar-refractivity contribution in [1.29, 1.82) is 0 Å². The van der Waals surface area contributed by atoms with Gasteiger partial charge in [0, 0.05) is 5.92 Å². The van der Waals surface area contributed by atoms with Gasteiger partial charge in [-0.1, -0.05) is 49.9 Å². The molecule has 2 unspecified atom stereocenters. The van der Waals surface area contributed by atoms with Crippen molar-refractivity contribution in [2.45, 2.75) is 63.4 Å². The van der Waals surface area contributed by atoms with Crippen LogP contribution in [0.3, 0.4) is 0 Å². The third-order valence-corrected chi connectivity index (χ3v) is 4.93. The molecule has 0 aromatic heterocycles. The molecule has 1 aromatic carbocycles. The van der Waals surface area contributed by atoms with E-state index in [1.807, 2.05) is 0 Å². The first-order valence-corrected chi connectivity index (χ1v) is 7.60. The Balaban J connectivity index is 1.72. The Morgan fingerprint density at radius 2 is 1.83 bits per heavy atom. The van der Waals surface area contributed by atoms with Crippen LogP contribution in [0.15, 0.2) is 24.3 Å². The van der Waals surface area contributed by atoms with Crippen LogP contribution in [0.25, 0.3) is 0 Å². The molecule has 0 heterocycles. The normalized spacial score (nSPS) is 25.9. The maximum Gasteiger partial charge on any atom is 0.0611 e. The molecule has 98 valence electrons. The molecule has 0 saturated heterocycles. The molecule has 0 radical (unpaired) electrons. The molecular weight excluding hydrogens is 220 g/mol. The summed E-state index contributed by atoms with van der Waals surface area (Å²) in [7, 11) is 0. The molecule has 1 fully saturated rings. The van der Waals surface area contributed by atoms with Crippen LogP contribution in [-0.2, 0) is 6.42 Å². The van der Waals surface area contributed by atoms with Crippen molar-refractivity contribution >= 4 is 0 Å². The number of rotatable bonds is 3. The Bertz CT molecular complexity index is 392. The molecule has 0 bridgehead atoms. The van der Waals surface area contributed by atoms with Gasteiger partial charge in [-0.2, -0.15) is 0 Å². The van der Waals surface area contributed by atoms with E-state index in [9.17, 15) is 5.11 Å². The molecule has 2 atom stereocenters. The minimum atomic E-state index is -0.116. The summed E-state index contributed by atoms with van der Waals surface area (Å²) in [6.07, 6.45) is 9.94. The molecule has 1 N–H and O–H groups in total. The average Bonchev–Trinajstić information content (AvgIpc) is 2.91. The van der Waals surface area contributed by atoms with Crippen LogP contribution in [0.5, 0.6) is 0 Å². The lowest BCUT2D eigenvalue weighted by molar-refractivity contribution is 0.107. The minimum absolute atomic E-state index is 0.116. The second kappa shape index (κ2) is 5.44. The van der Waals surface area contributed by atoms with E-state index in [4.69, 9.17) is 0 Å². The fourth-order valence-electron chi connectivity index (χ4n) is 3.94. The topological polar surface area (TPSA) is 20.2 Å². The number of hydrogen-bond donors (Lipinski definition) is 1. The van der Waals surface area contributed by atoms with Crippen molar-refractivity contribution in [3.05, 3.63) is 35.4 Å². The summed E-state index contributed by atoms with van der Waals surface area (Å²) >= 11 is 0. The highest BCUT2D eigenvalue weighted by molar-refractivity contribution is 5.33. The molecule has 1 aromatic rings. The monoisotopic (exact) mass is 244 g/mol. The lowest BCUT2D eigenvalue weighted by Crippen LogP contribution is -2.24. The van der Waals surface area contributed by atoms with Crippen molar-refractivity contribution in [2.24, 2.45) is 5.92 Å². The molecule has 18 heavy (non-hydrogen) atoms. The van der Waals surface area contributed by atoms with Gasteiger partial charge in [0.2, 0.25) is 0 Å². The highest BCUT2D eigenvalue weighted by Gasteiger charge is 2.29. The van der Waals surface area contributed by atoms with E-state index in [0.29, 0.717) is 5.92 Å². The van der Waals surface area contributed by atoms with E-state index in [0.717, 1.165) is 12.3 Å². The SMILES string of the molecule is OC(CC1CCCC1)C1CCCc2ccccc21. The molecule has 0 spiro atoms. The highest BCUT2D eigenvalue weighted by atomic mass is 16.3. The van der Waals surface area contributed by atoms with Gasteiger partial charge < -0.3 is 5.11 Å². The number of fused-ring (bicyclic) bond motifs is 1. The molecule has 2 aliphatic rings. The number of benzene rings is 1. The van der Waals surface area contributed by atoms with E-state index >= 15 is 0 Å². The molecule has 0 aliphatic heterocycles. The minimum Gasteiger partial charge on any atom is -0.392 e. The summed E-state index contributed by atoms with van der Waals surface area (Å²) in [5.74, 6) is 1.18. The first-order chi connectivity index (χ1) is 8.84. The zero-order chi connectivity index (χ0) is 12.4. The molecule has 1 saturated carbocycles. The fraction of sp³-hybridized carbons (Fsp3) is 0.647. The highest BCUT2D eigenvalue weighted by Crippen LogP contribution is 2.38. The smallest absolute Gasteiger partial charge is 0.0611 e. The zero-order valence-corrected chi connectivity index (χ0v) is 11.1. The van der Waals surface area contributed by atoms with Crippen molar-refractivity contribution in [2.75, 3.05) is 0 Å². The Hall–Kier alpha value is -0.820. The van der Waals surface area contributed by atoms with Crippen LogP contribution < -0.4 is 0 Å². The van der Waals surface area contributed by atoms with Gasteiger partial charge in [0.15, 0.2) is 0 Å².